The summed E-state index contributed by atoms with van der Waals surface area (Å²) < 4.78 is 27.2. The van der Waals surface area contributed by atoms with Gasteiger partial charge in [-0.25, -0.2) is 4.39 Å². The highest BCUT2D eigenvalue weighted by Crippen LogP contribution is 2.34. The Morgan fingerprint density at radius 3 is 2.52 bits per heavy atom. The molecule has 0 saturated heterocycles. The van der Waals surface area contributed by atoms with Crippen LogP contribution < -0.4 is 5.32 Å². The Balaban J connectivity index is 2.25. The fourth-order valence-electron chi connectivity index (χ4n) is 3.12. The predicted molar refractivity (Wildman–Crippen MR) is 77.2 cm³/mol. The van der Waals surface area contributed by atoms with E-state index in [-0.39, 0.29) is 11.7 Å². The standard InChI is InChI=1S/C15H20F2N2O2/c1-9(2)10-5-3-4-6-13(10)18-14-8-15(19(20)21)12(17)7-11(14)16/h7-10,13,18H,3-6H2,1-2H3. The van der Waals surface area contributed by atoms with Crippen LogP contribution in [0.2, 0.25) is 0 Å². The third-order valence-corrected chi connectivity index (χ3v) is 4.25. The van der Waals surface area contributed by atoms with Crippen molar-refractivity contribution in [2.24, 2.45) is 11.8 Å². The van der Waals surface area contributed by atoms with Crippen LogP contribution in [-0.2, 0) is 0 Å². The number of nitro groups is 1. The molecule has 0 aliphatic heterocycles. The van der Waals surface area contributed by atoms with Crippen molar-refractivity contribution in [3.63, 3.8) is 0 Å². The molecular weight excluding hydrogens is 278 g/mol. The Labute approximate surface area is 122 Å². The van der Waals surface area contributed by atoms with Gasteiger partial charge in [0.05, 0.1) is 10.6 Å². The number of benzene rings is 1. The van der Waals surface area contributed by atoms with Crippen LogP contribution in [0.1, 0.15) is 39.5 Å². The second-order valence-electron chi connectivity index (χ2n) is 5.98. The van der Waals surface area contributed by atoms with Gasteiger partial charge in [-0.2, -0.15) is 4.39 Å². The van der Waals surface area contributed by atoms with Crippen LogP contribution in [0.15, 0.2) is 12.1 Å². The zero-order valence-electron chi connectivity index (χ0n) is 12.2. The normalized spacial score (nSPS) is 22.3. The molecule has 1 aromatic rings. The van der Waals surface area contributed by atoms with Crippen molar-refractivity contribution >= 4 is 11.4 Å². The van der Waals surface area contributed by atoms with Gasteiger partial charge < -0.3 is 5.32 Å². The summed E-state index contributed by atoms with van der Waals surface area (Å²) >= 11 is 0. The van der Waals surface area contributed by atoms with Crippen molar-refractivity contribution < 1.29 is 13.7 Å². The second kappa shape index (κ2) is 6.37. The highest BCUT2D eigenvalue weighted by Gasteiger charge is 2.29. The molecule has 1 aliphatic carbocycles. The fraction of sp³-hybridized carbons (Fsp3) is 0.600. The number of anilines is 1. The fourth-order valence-corrected chi connectivity index (χ4v) is 3.12. The average molecular weight is 298 g/mol. The number of hydrogen-bond acceptors (Lipinski definition) is 3. The summed E-state index contributed by atoms with van der Waals surface area (Å²) in [5.74, 6) is -1.10. The lowest BCUT2D eigenvalue weighted by atomic mass is 9.78. The Hall–Kier alpha value is -1.72. The lowest BCUT2D eigenvalue weighted by Crippen LogP contribution is -2.35. The maximum atomic E-state index is 13.9. The van der Waals surface area contributed by atoms with Crippen LogP contribution >= 0.6 is 0 Å². The first-order valence-corrected chi connectivity index (χ1v) is 7.30. The van der Waals surface area contributed by atoms with Crippen LogP contribution in [0.25, 0.3) is 0 Å². The van der Waals surface area contributed by atoms with Gasteiger partial charge in [-0.3, -0.25) is 10.1 Å². The smallest absolute Gasteiger partial charge is 0.307 e. The quantitative estimate of drug-likeness (QED) is 0.657. The lowest BCUT2D eigenvalue weighted by Gasteiger charge is -2.35. The first-order valence-electron chi connectivity index (χ1n) is 7.30. The largest absolute Gasteiger partial charge is 0.379 e. The van der Waals surface area contributed by atoms with E-state index in [0.29, 0.717) is 17.9 Å². The summed E-state index contributed by atoms with van der Waals surface area (Å²) in [6.45, 7) is 4.24. The van der Waals surface area contributed by atoms with Crippen LogP contribution in [0.5, 0.6) is 0 Å². The van der Waals surface area contributed by atoms with E-state index in [1.165, 1.54) is 0 Å². The monoisotopic (exact) mass is 298 g/mol. The van der Waals surface area contributed by atoms with Crippen molar-refractivity contribution in [3.05, 3.63) is 33.9 Å². The van der Waals surface area contributed by atoms with Crippen molar-refractivity contribution in [1.29, 1.82) is 0 Å². The van der Waals surface area contributed by atoms with Gasteiger partial charge >= 0.3 is 5.69 Å². The number of nitro benzene ring substituents is 1. The topological polar surface area (TPSA) is 55.2 Å². The van der Waals surface area contributed by atoms with Crippen LogP contribution in [0, 0.1) is 33.6 Å². The number of rotatable bonds is 4. The molecule has 0 aromatic heterocycles. The molecule has 21 heavy (non-hydrogen) atoms. The van der Waals surface area contributed by atoms with Crippen molar-refractivity contribution in [3.8, 4) is 0 Å². The predicted octanol–water partition coefficient (Wildman–Crippen LogP) is 4.50. The molecule has 0 heterocycles. The van der Waals surface area contributed by atoms with E-state index in [0.717, 1.165) is 31.7 Å². The minimum absolute atomic E-state index is 0.0145. The zero-order valence-corrected chi connectivity index (χ0v) is 12.2. The SMILES string of the molecule is CC(C)C1CCCCC1Nc1cc([N+](=O)[O-])c(F)cc1F. The van der Waals surface area contributed by atoms with Gasteiger partial charge in [-0.05, 0) is 24.7 Å². The number of hydrogen-bond donors (Lipinski definition) is 1. The molecule has 0 amide bonds. The van der Waals surface area contributed by atoms with Crippen LogP contribution in [0.4, 0.5) is 20.2 Å². The Kier molecular flexibility index (Phi) is 4.75. The molecule has 2 unspecified atom stereocenters. The van der Waals surface area contributed by atoms with Gasteiger partial charge in [0.1, 0.15) is 5.82 Å². The Morgan fingerprint density at radius 1 is 1.24 bits per heavy atom. The summed E-state index contributed by atoms with van der Waals surface area (Å²) in [5, 5.41) is 13.8. The molecule has 1 aromatic carbocycles. The highest BCUT2D eigenvalue weighted by molar-refractivity contribution is 5.53. The molecule has 0 radical (unpaired) electrons. The van der Waals surface area contributed by atoms with Crippen LogP contribution in [-0.4, -0.2) is 11.0 Å². The summed E-state index contributed by atoms with van der Waals surface area (Å²) in [6.07, 6.45) is 4.15. The average Bonchev–Trinajstić information content (AvgIpc) is 2.41. The maximum absolute atomic E-state index is 13.9. The molecular formula is C15H20F2N2O2. The molecule has 1 aliphatic rings. The van der Waals surface area contributed by atoms with Gasteiger partial charge in [-0.1, -0.05) is 26.7 Å². The number of halogens is 2. The first kappa shape index (κ1) is 15.7. The Morgan fingerprint density at radius 2 is 1.90 bits per heavy atom. The van der Waals surface area contributed by atoms with Gasteiger partial charge in [-0.15, -0.1) is 0 Å². The van der Waals surface area contributed by atoms with E-state index < -0.39 is 22.2 Å². The van der Waals surface area contributed by atoms with E-state index >= 15 is 0 Å². The third kappa shape index (κ3) is 3.49. The molecule has 0 spiro atoms. The minimum Gasteiger partial charge on any atom is -0.379 e. The van der Waals surface area contributed by atoms with Gasteiger partial charge in [0.2, 0.25) is 5.82 Å². The van der Waals surface area contributed by atoms with Crippen molar-refractivity contribution in [1.82, 2.24) is 0 Å². The Bertz CT molecular complexity index is 535. The molecule has 1 saturated carbocycles. The zero-order chi connectivity index (χ0) is 15.6. The van der Waals surface area contributed by atoms with Gasteiger partial charge in [0.15, 0.2) is 0 Å². The summed E-state index contributed by atoms with van der Waals surface area (Å²) in [7, 11) is 0. The molecule has 1 fully saturated rings. The van der Waals surface area contributed by atoms with Crippen molar-refractivity contribution in [2.75, 3.05) is 5.32 Å². The summed E-state index contributed by atoms with van der Waals surface area (Å²) in [4.78, 5) is 9.93. The molecule has 116 valence electrons. The summed E-state index contributed by atoms with van der Waals surface area (Å²) in [6, 6.07) is 1.60. The molecule has 2 atom stereocenters. The summed E-state index contributed by atoms with van der Waals surface area (Å²) in [5.41, 5.74) is -0.684. The molecule has 4 nitrogen and oxygen atoms in total. The van der Waals surface area contributed by atoms with Crippen LogP contribution in [0.3, 0.4) is 0 Å². The molecule has 6 heteroatoms. The lowest BCUT2D eigenvalue weighted by molar-refractivity contribution is -0.387. The highest BCUT2D eigenvalue weighted by atomic mass is 19.1. The van der Waals surface area contributed by atoms with E-state index in [1.807, 2.05) is 0 Å². The second-order valence-corrected chi connectivity index (χ2v) is 5.98. The van der Waals surface area contributed by atoms with E-state index in [2.05, 4.69) is 19.2 Å². The van der Waals surface area contributed by atoms with E-state index in [9.17, 15) is 18.9 Å². The molecule has 0 bridgehead atoms. The van der Waals surface area contributed by atoms with Gasteiger partial charge in [0, 0.05) is 18.2 Å². The number of nitrogens with zero attached hydrogens (tertiary/aromatic N) is 1. The molecule has 1 N–H and O–H groups in total. The first-order chi connectivity index (χ1) is 9.90. The van der Waals surface area contributed by atoms with E-state index in [1.54, 1.807) is 0 Å². The minimum atomic E-state index is -1.15. The maximum Gasteiger partial charge on any atom is 0.307 e. The van der Waals surface area contributed by atoms with Gasteiger partial charge in [0.25, 0.3) is 0 Å². The molecule has 2 rings (SSSR count). The number of nitrogens with one attached hydrogen (secondary N) is 1. The van der Waals surface area contributed by atoms with Crippen molar-refractivity contribution in [2.45, 2.75) is 45.6 Å². The van der Waals surface area contributed by atoms with E-state index in [4.69, 9.17) is 0 Å². The third-order valence-electron chi connectivity index (χ3n) is 4.25.